The molecule has 1 rings (SSSR count). The van der Waals surface area contributed by atoms with E-state index in [2.05, 4.69) is 4.98 Å². The van der Waals surface area contributed by atoms with Gasteiger partial charge in [0, 0.05) is 13.6 Å². The second kappa shape index (κ2) is 5.01. The molecule has 0 unspecified atom stereocenters. The van der Waals surface area contributed by atoms with Crippen molar-refractivity contribution >= 4 is 34.4 Å². The normalized spacial score (nSPS) is 11.6. The highest BCUT2D eigenvalue weighted by Gasteiger charge is 2.27. The maximum Gasteiger partial charge on any atom is 0.390 e. The van der Waals surface area contributed by atoms with Crippen LogP contribution in [0, 0.1) is 0 Å². The van der Waals surface area contributed by atoms with Crippen molar-refractivity contribution in [2.75, 3.05) is 18.5 Å². The van der Waals surface area contributed by atoms with Crippen LogP contribution in [0.2, 0.25) is 5.15 Å². The Balaban J connectivity index is 2.66. The Kier molecular flexibility index (Phi) is 4.15. The van der Waals surface area contributed by atoms with E-state index in [1.807, 2.05) is 0 Å². The van der Waals surface area contributed by atoms with Crippen LogP contribution in [0.1, 0.15) is 16.1 Å². The van der Waals surface area contributed by atoms with Gasteiger partial charge >= 0.3 is 6.18 Å². The van der Waals surface area contributed by atoms with E-state index >= 15 is 0 Å². The Morgan fingerprint density at radius 2 is 2.19 bits per heavy atom. The van der Waals surface area contributed by atoms with Gasteiger partial charge in [0.05, 0.1) is 6.42 Å². The molecule has 0 N–H and O–H groups in total. The van der Waals surface area contributed by atoms with Gasteiger partial charge in [0.1, 0.15) is 4.88 Å². The van der Waals surface area contributed by atoms with Crippen LogP contribution in [0.3, 0.4) is 0 Å². The first kappa shape index (κ1) is 13.2. The quantitative estimate of drug-likeness (QED) is 0.790. The number of hydrogen-bond acceptors (Lipinski definition) is 4. The number of nitrogens with zero attached hydrogens (tertiary/aromatic N) is 2. The summed E-state index contributed by atoms with van der Waals surface area (Å²) in [6.07, 6.45) is -4.61. The number of halogens is 4. The van der Waals surface area contributed by atoms with E-state index in [0.717, 1.165) is 11.3 Å². The van der Waals surface area contributed by atoms with Crippen molar-refractivity contribution in [3.05, 3.63) is 10.0 Å². The van der Waals surface area contributed by atoms with Gasteiger partial charge in [-0.1, -0.05) is 22.9 Å². The third-order valence-corrected chi connectivity index (χ3v) is 3.26. The smallest absolute Gasteiger partial charge is 0.351 e. The molecule has 0 aliphatic carbocycles. The third kappa shape index (κ3) is 3.64. The summed E-state index contributed by atoms with van der Waals surface area (Å²) < 4.78 is 35.9. The number of alkyl halides is 3. The molecule has 0 atom stereocenters. The van der Waals surface area contributed by atoms with Gasteiger partial charge < -0.3 is 4.90 Å². The molecule has 0 saturated heterocycles. The van der Waals surface area contributed by atoms with Gasteiger partial charge in [0.15, 0.2) is 16.6 Å². The summed E-state index contributed by atoms with van der Waals surface area (Å²) in [4.78, 5) is 15.8. The fourth-order valence-electron chi connectivity index (χ4n) is 0.928. The van der Waals surface area contributed by atoms with Crippen LogP contribution < -0.4 is 4.90 Å². The van der Waals surface area contributed by atoms with Crippen LogP contribution in [0.4, 0.5) is 18.3 Å². The molecule has 0 amide bonds. The number of thiazole rings is 1. The average Bonchev–Trinajstić information content (AvgIpc) is 2.55. The molecule has 0 fully saturated rings. The van der Waals surface area contributed by atoms with Crippen LogP contribution in [0.15, 0.2) is 0 Å². The van der Waals surface area contributed by atoms with Crippen molar-refractivity contribution in [2.45, 2.75) is 12.6 Å². The molecular formula is C8H8ClF3N2OS. The highest BCUT2D eigenvalue weighted by atomic mass is 35.5. The van der Waals surface area contributed by atoms with Gasteiger partial charge in [-0.15, -0.1) is 0 Å². The number of carbonyl (C=O) groups excluding carboxylic acids is 1. The first-order chi connectivity index (χ1) is 7.33. The second-order valence-corrected chi connectivity index (χ2v) is 4.42. The maximum absolute atomic E-state index is 12.0. The molecule has 90 valence electrons. The lowest BCUT2D eigenvalue weighted by Crippen LogP contribution is -2.23. The Bertz CT molecular complexity index is 380. The number of carbonyl (C=O) groups is 1. The van der Waals surface area contributed by atoms with Gasteiger partial charge in [0.25, 0.3) is 0 Å². The van der Waals surface area contributed by atoms with Gasteiger partial charge in [-0.3, -0.25) is 4.79 Å². The molecule has 1 aromatic rings. The Hall–Kier alpha value is -0.820. The molecule has 8 heteroatoms. The van der Waals surface area contributed by atoms with E-state index in [0.29, 0.717) is 11.4 Å². The third-order valence-electron chi connectivity index (χ3n) is 1.76. The number of aldehydes is 1. The first-order valence-electron chi connectivity index (χ1n) is 4.23. The lowest BCUT2D eigenvalue weighted by atomic mass is 10.4. The molecule has 0 aromatic carbocycles. The standard InChI is InChI=1S/C8H8ClF3N2OS/c1-14(3-2-8(10,11)12)7-13-6(9)5(4-15)16-7/h4H,2-3H2,1H3. The van der Waals surface area contributed by atoms with Crippen LogP contribution in [-0.2, 0) is 0 Å². The van der Waals surface area contributed by atoms with E-state index in [1.165, 1.54) is 11.9 Å². The molecule has 1 heterocycles. The maximum atomic E-state index is 12.0. The summed E-state index contributed by atoms with van der Waals surface area (Å²) >= 11 is 6.56. The van der Waals surface area contributed by atoms with Crippen LogP contribution in [0.5, 0.6) is 0 Å². The highest BCUT2D eigenvalue weighted by Crippen LogP contribution is 2.28. The summed E-state index contributed by atoms with van der Waals surface area (Å²) in [5.41, 5.74) is 0. The predicted molar refractivity (Wildman–Crippen MR) is 56.5 cm³/mol. The fourth-order valence-corrected chi connectivity index (χ4v) is 1.98. The number of aromatic nitrogens is 1. The molecule has 0 saturated carbocycles. The first-order valence-corrected chi connectivity index (χ1v) is 5.42. The van der Waals surface area contributed by atoms with E-state index in [-0.39, 0.29) is 16.6 Å². The molecule has 1 aromatic heterocycles. The Morgan fingerprint density at radius 1 is 1.56 bits per heavy atom. The molecular weight excluding hydrogens is 265 g/mol. The average molecular weight is 273 g/mol. The number of anilines is 1. The Morgan fingerprint density at radius 3 is 2.62 bits per heavy atom. The summed E-state index contributed by atoms with van der Waals surface area (Å²) in [7, 11) is 1.47. The Labute approximate surface area is 98.8 Å². The van der Waals surface area contributed by atoms with Gasteiger partial charge in [-0.2, -0.15) is 13.2 Å². The molecule has 0 spiro atoms. The summed E-state index contributed by atoms with van der Waals surface area (Å²) in [6, 6.07) is 0. The number of hydrogen-bond donors (Lipinski definition) is 0. The second-order valence-electron chi connectivity index (χ2n) is 3.06. The molecule has 16 heavy (non-hydrogen) atoms. The fraction of sp³-hybridized carbons (Fsp3) is 0.500. The topological polar surface area (TPSA) is 33.2 Å². The molecule has 0 aliphatic heterocycles. The van der Waals surface area contributed by atoms with E-state index in [4.69, 9.17) is 11.6 Å². The van der Waals surface area contributed by atoms with Crippen molar-refractivity contribution in [3.8, 4) is 0 Å². The highest BCUT2D eigenvalue weighted by molar-refractivity contribution is 7.17. The van der Waals surface area contributed by atoms with E-state index in [1.54, 1.807) is 0 Å². The SMILES string of the molecule is CN(CCC(F)(F)F)c1nc(Cl)c(C=O)s1. The van der Waals surface area contributed by atoms with Crippen molar-refractivity contribution in [2.24, 2.45) is 0 Å². The summed E-state index contributed by atoms with van der Waals surface area (Å²) in [6.45, 7) is -0.217. The monoisotopic (exact) mass is 272 g/mol. The zero-order valence-electron chi connectivity index (χ0n) is 8.21. The van der Waals surface area contributed by atoms with Crippen molar-refractivity contribution in [1.82, 2.24) is 4.98 Å². The van der Waals surface area contributed by atoms with Crippen molar-refractivity contribution in [3.63, 3.8) is 0 Å². The zero-order valence-corrected chi connectivity index (χ0v) is 9.79. The van der Waals surface area contributed by atoms with Crippen molar-refractivity contribution in [1.29, 1.82) is 0 Å². The van der Waals surface area contributed by atoms with Crippen molar-refractivity contribution < 1.29 is 18.0 Å². The summed E-state index contributed by atoms with van der Waals surface area (Å²) in [5, 5.41) is 0.324. The largest absolute Gasteiger partial charge is 0.390 e. The lowest BCUT2D eigenvalue weighted by Gasteiger charge is -2.16. The predicted octanol–water partition coefficient (Wildman–Crippen LogP) is 3.00. The van der Waals surface area contributed by atoms with Gasteiger partial charge in [-0.25, -0.2) is 4.98 Å². The minimum absolute atomic E-state index is 0.0221. The minimum atomic E-state index is -4.21. The molecule has 0 aliphatic rings. The molecule has 3 nitrogen and oxygen atoms in total. The van der Waals surface area contributed by atoms with Crippen LogP contribution in [0.25, 0.3) is 0 Å². The van der Waals surface area contributed by atoms with E-state index < -0.39 is 12.6 Å². The van der Waals surface area contributed by atoms with Crippen LogP contribution >= 0.6 is 22.9 Å². The lowest BCUT2D eigenvalue weighted by molar-refractivity contribution is -0.132. The number of rotatable bonds is 4. The zero-order chi connectivity index (χ0) is 12.3. The molecule has 0 bridgehead atoms. The van der Waals surface area contributed by atoms with Crippen LogP contribution in [-0.4, -0.2) is 31.0 Å². The summed E-state index contributed by atoms with van der Waals surface area (Å²) in [5.74, 6) is 0. The molecule has 0 radical (unpaired) electrons. The van der Waals surface area contributed by atoms with Gasteiger partial charge in [-0.05, 0) is 0 Å². The van der Waals surface area contributed by atoms with Gasteiger partial charge in [0.2, 0.25) is 0 Å². The van der Waals surface area contributed by atoms with E-state index in [9.17, 15) is 18.0 Å². The minimum Gasteiger partial charge on any atom is -0.351 e.